The van der Waals surface area contributed by atoms with Crippen LogP contribution in [-0.4, -0.2) is 0 Å². The minimum Gasteiger partial charge on any atom is -0.454 e. The highest BCUT2D eigenvalue weighted by molar-refractivity contribution is 6.13. The minimum absolute atomic E-state index is 0.138. The van der Waals surface area contributed by atoms with Crippen molar-refractivity contribution in [1.82, 2.24) is 0 Å². The van der Waals surface area contributed by atoms with Gasteiger partial charge in [0.15, 0.2) is 5.82 Å². The lowest BCUT2D eigenvalue weighted by atomic mass is 9.81. The number of halogens is 1. The Balaban J connectivity index is 1.52. The first-order valence-corrected chi connectivity index (χ1v) is 13.5. The second kappa shape index (κ2) is 8.37. The van der Waals surface area contributed by atoms with Gasteiger partial charge in [0.05, 0.1) is 17.2 Å². The van der Waals surface area contributed by atoms with E-state index >= 15 is 0 Å². The second-order valence-electron chi connectivity index (χ2n) is 11.5. The molecule has 40 heavy (non-hydrogen) atoms. The summed E-state index contributed by atoms with van der Waals surface area (Å²) in [5.74, 6) is -0.247. The van der Waals surface area contributed by atoms with Crippen LogP contribution in [0.3, 0.4) is 0 Å². The largest absolute Gasteiger partial charge is 0.454 e. The monoisotopic (exact) mass is 523 g/mol. The summed E-state index contributed by atoms with van der Waals surface area (Å²) in [5.41, 5.74) is 12.4. The van der Waals surface area contributed by atoms with Crippen LogP contribution in [0.1, 0.15) is 41.7 Å². The zero-order chi connectivity index (χ0) is 27.9. The highest BCUT2D eigenvalue weighted by Crippen LogP contribution is 2.50. The van der Waals surface area contributed by atoms with Crippen molar-refractivity contribution in [2.45, 2.75) is 33.1 Å². The summed E-state index contributed by atoms with van der Waals surface area (Å²) in [6, 6.07) is 27.4. The summed E-state index contributed by atoms with van der Waals surface area (Å²) in [5, 5.41) is 11.8. The van der Waals surface area contributed by atoms with Crippen LogP contribution in [0, 0.1) is 31.0 Å². The molecule has 0 N–H and O–H groups in total. The molecule has 0 spiro atoms. The SMILES string of the molecule is Cc1cc(-c2c(C)ccc3c2oc2c(-c4ccc5c(c4)C(C)(C)c4ccccc4-5)cc(C#N)cc23)[n+](C)cc1F. The van der Waals surface area contributed by atoms with Gasteiger partial charge in [-0.3, -0.25) is 0 Å². The van der Waals surface area contributed by atoms with Crippen LogP contribution in [-0.2, 0) is 12.5 Å². The Labute approximate surface area is 232 Å². The number of benzene rings is 4. The Morgan fingerprint density at radius 3 is 2.38 bits per heavy atom. The van der Waals surface area contributed by atoms with Crippen molar-refractivity contribution in [3.63, 3.8) is 0 Å². The van der Waals surface area contributed by atoms with Crippen LogP contribution in [0.2, 0.25) is 0 Å². The molecule has 0 amide bonds. The summed E-state index contributed by atoms with van der Waals surface area (Å²) in [7, 11) is 1.85. The van der Waals surface area contributed by atoms with Crippen molar-refractivity contribution in [2.24, 2.45) is 7.05 Å². The zero-order valence-corrected chi connectivity index (χ0v) is 23.2. The van der Waals surface area contributed by atoms with Gasteiger partial charge < -0.3 is 4.42 Å². The highest BCUT2D eigenvalue weighted by atomic mass is 19.1. The molecule has 4 heteroatoms. The maximum Gasteiger partial charge on any atom is 0.216 e. The third kappa shape index (κ3) is 3.31. The molecule has 0 atom stereocenters. The van der Waals surface area contributed by atoms with Crippen molar-refractivity contribution >= 4 is 21.9 Å². The average Bonchev–Trinajstić information content (AvgIpc) is 3.43. The average molecular weight is 524 g/mol. The lowest BCUT2D eigenvalue weighted by Gasteiger charge is -2.22. The topological polar surface area (TPSA) is 40.8 Å². The van der Waals surface area contributed by atoms with Gasteiger partial charge >= 0.3 is 0 Å². The molecule has 4 aromatic carbocycles. The second-order valence-corrected chi connectivity index (χ2v) is 11.5. The molecule has 0 aliphatic heterocycles. The fourth-order valence-corrected chi connectivity index (χ4v) is 6.48. The van der Waals surface area contributed by atoms with Crippen LogP contribution in [0.25, 0.3) is 55.4 Å². The van der Waals surface area contributed by atoms with E-state index < -0.39 is 0 Å². The molecular weight excluding hydrogens is 495 g/mol. The standard InChI is InChI=1S/C36H28FN2O/c1-20-10-12-26-28-16-22(18-38)15-27(34(28)40-35(26)33(20)32-14-21(2)31(37)19-39(32)5)23-11-13-25-24-8-6-7-9-29(24)36(3,4)30(25)17-23/h6-17,19H,1-5H3/q+1. The van der Waals surface area contributed by atoms with Crippen LogP contribution >= 0.6 is 0 Å². The quantitative estimate of drug-likeness (QED) is 0.213. The Morgan fingerprint density at radius 1 is 0.800 bits per heavy atom. The molecule has 3 nitrogen and oxygen atoms in total. The predicted octanol–water partition coefficient (Wildman–Crippen LogP) is 8.68. The van der Waals surface area contributed by atoms with Gasteiger partial charge in [-0.05, 0) is 71.0 Å². The van der Waals surface area contributed by atoms with Gasteiger partial charge in [0.1, 0.15) is 18.2 Å². The van der Waals surface area contributed by atoms with E-state index in [1.54, 1.807) is 11.5 Å². The molecule has 0 bridgehead atoms. The molecule has 0 fully saturated rings. The van der Waals surface area contributed by atoms with E-state index in [-0.39, 0.29) is 11.2 Å². The maximum absolute atomic E-state index is 14.3. The van der Waals surface area contributed by atoms with E-state index in [1.807, 2.05) is 32.2 Å². The fraction of sp³-hybridized carbons (Fsp3) is 0.167. The van der Waals surface area contributed by atoms with Gasteiger partial charge in [0.2, 0.25) is 11.9 Å². The maximum atomic E-state index is 14.3. The molecule has 7 rings (SSSR count). The van der Waals surface area contributed by atoms with E-state index in [0.29, 0.717) is 11.1 Å². The third-order valence-electron chi connectivity index (χ3n) is 8.65. The van der Waals surface area contributed by atoms with Crippen molar-refractivity contribution in [3.8, 4) is 39.6 Å². The number of aryl methyl sites for hydroxylation is 3. The van der Waals surface area contributed by atoms with Gasteiger partial charge in [0, 0.05) is 27.8 Å². The van der Waals surface area contributed by atoms with Gasteiger partial charge in [0.25, 0.3) is 0 Å². The lowest BCUT2D eigenvalue weighted by molar-refractivity contribution is -0.662. The number of rotatable bonds is 2. The number of hydrogen-bond donors (Lipinski definition) is 0. The van der Waals surface area contributed by atoms with Crippen molar-refractivity contribution < 1.29 is 13.4 Å². The Kier molecular flexibility index (Phi) is 5.09. The van der Waals surface area contributed by atoms with Crippen molar-refractivity contribution in [1.29, 1.82) is 5.26 Å². The number of aromatic nitrogens is 1. The van der Waals surface area contributed by atoms with Crippen LogP contribution in [0.4, 0.5) is 4.39 Å². The fourth-order valence-electron chi connectivity index (χ4n) is 6.48. The molecule has 0 saturated heterocycles. The smallest absolute Gasteiger partial charge is 0.216 e. The predicted molar refractivity (Wildman–Crippen MR) is 157 cm³/mol. The summed E-state index contributed by atoms with van der Waals surface area (Å²) in [6.45, 7) is 8.35. The summed E-state index contributed by atoms with van der Waals surface area (Å²) < 4.78 is 22.9. The van der Waals surface area contributed by atoms with Crippen LogP contribution in [0.5, 0.6) is 0 Å². The van der Waals surface area contributed by atoms with Crippen molar-refractivity contribution in [2.75, 3.05) is 0 Å². The zero-order valence-electron chi connectivity index (χ0n) is 23.2. The van der Waals surface area contributed by atoms with E-state index in [0.717, 1.165) is 49.9 Å². The van der Waals surface area contributed by atoms with Gasteiger partial charge in [-0.2, -0.15) is 9.83 Å². The van der Waals surface area contributed by atoms with Crippen LogP contribution < -0.4 is 4.57 Å². The summed E-state index contributed by atoms with van der Waals surface area (Å²) >= 11 is 0. The molecule has 2 heterocycles. The van der Waals surface area contributed by atoms with E-state index in [2.05, 4.69) is 74.5 Å². The molecule has 6 aromatic rings. The first kappa shape index (κ1) is 24.3. The van der Waals surface area contributed by atoms with E-state index in [9.17, 15) is 9.65 Å². The molecular formula is C36H28FN2O+. The Bertz CT molecular complexity index is 2090. The Hall–Kier alpha value is -4.75. The number of furan rings is 1. The molecule has 0 saturated carbocycles. The number of nitriles is 1. The number of hydrogen-bond acceptors (Lipinski definition) is 2. The van der Waals surface area contributed by atoms with E-state index in [1.165, 1.54) is 28.5 Å². The normalized spacial score (nSPS) is 13.4. The minimum atomic E-state index is -0.247. The van der Waals surface area contributed by atoms with Gasteiger partial charge in [-0.15, -0.1) is 0 Å². The Morgan fingerprint density at radius 2 is 1.57 bits per heavy atom. The molecule has 1 aliphatic rings. The van der Waals surface area contributed by atoms with Crippen LogP contribution in [0.15, 0.2) is 83.4 Å². The van der Waals surface area contributed by atoms with Crippen molar-refractivity contribution in [3.05, 3.63) is 113 Å². The number of pyridine rings is 1. The molecule has 2 aromatic heterocycles. The third-order valence-corrected chi connectivity index (χ3v) is 8.65. The first-order chi connectivity index (χ1) is 19.2. The summed E-state index contributed by atoms with van der Waals surface area (Å²) in [6.07, 6.45) is 1.51. The first-order valence-electron chi connectivity index (χ1n) is 13.5. The number of nitrogens with zero attached hydrogens (tertiary/aromatic N) is 2. The lowest BCUT2D eigenvalue weighted by Crippen LogP contribution is -2.31. The molecule has 0 unspecified atom stereocenters. The van der Waals surface area contributed by atoms with Gasteiger partial charge in [-0.1, -0.05) is 62.4 Å². The highest BCUT2D eigenvalue weighted by Gasteiger charge is 2.35. The molecule has 0 radical (unpaired) electrons. The summed E-state index contributed by atoms with van der Waals surface area (Å²) in [4.78, 5) is 0. The van der Waals surface area contributed by atoms with E-state index in [4.69, 9.17) is 4.42 Å². The number of fused-ring (bicyclic) bond motifs is 6. The molecule has 1 aliphatic carbocycles. The molecule has 194 valence electrons. The van der Waals surface area contributed by atoms with Gasteiger partial charge in [-0.25, -0.2) is 4.39 Å².